The lowest BCUT2D eigenvalue weighted by atomic mass is 10.1. The lowest BCUT2D eigenvalue weighted by molar-refractivity contribution is 0.453. The number of allylic oxidation sites excluding steroid dienone is 1. The van der Waals surface area contributed by atoms with Gasteiger partial charge < -0.3 is 10.2 Å². The third kappa shape index (κ3) is 3.25. The number of nitrogens with two attached hydrogens (primary N) is 1. The van der Waals surface area contributed by atoms with E-state index in [0.717, 1.165) is 24.2 Å². The number of hydrogen-bond donors (Lipinski definition) is 1. The fraction of sp³-hybridized carbons (Fsp3) is 0.400. The molecule has 13 heavy (non-hydrogen) atoms. The summed E-state index contributed by atoms with van der Waals surface area (Å²) in [6.45, 7) is 5.80. The van der Waals surface area contributed by atoms with Crippen LogP contribution in [0.4, 0.5) is 0 Å². The second-order valence-corrected chi connectivity index (χ2v) is 3.62. The van der Waals surface area contributed by atoms with Gasteiger partial charge in [-0.05, 0) is 43.5 Å². The van der Waals surface area contributed by atoms with Crippen LogP contribution < -0.4 is 5.73 Å². The van der Waals surface area contributed by atoms with E-state index in [1.807, 2.05) is 13.0 Å². The molecule has 0 saturated carbocycles. The van der Waals surface area contributed by atoms with Crippen LogP contribution in [0.5, 0.6) is 0 Å². The van der Waals surface area contributed by atoms with Crippen molar-refractivity contribution < 1.29 is 4.42 Å². The van der Waals surface area contributed by atoms with Crippen molar-refractivity contribution in [2.24, 2.45) is 5.73 Å². The van der Waals surface area contributed by atoms with Gasteiger partial charge >= 0.3 is 0 Å². The van der Waals surface area contributed by atoms with Crippen LogP contribution >= 0.6 is 11.6 Å². The number of rotatable bonds is 4. The average molecular weight is 200 g/mol. The van der Waals surface area contributed by atoms with Crippen molar-refractivity contribution in [2.75, 3.05) is 0 Å². The maximum absolute atomic E-state index is 5.86. The van der Waals surface area contributed by atoms with E-state index in [1.54, 1.807) is 6.07 Å². The topological polar surface area (TPSA) is 39.2 Å². The summed E-state index contributed by atoms with van der Waals surface area (Å²) in [7, 11) is 0. The summed E-state index contributed by atoms with van der Waals surface area (Å²) < 4.78 is 5.19. The number of furan rings is 1. The second-order valence-electron chi connectivity index (χ2n) is 3.24. The first-order chi connectivity index (χ1) is 6.09. The molecule has 72 valence electrons. The molecule has 2 N–H and O–H groups in total. The van der Waals surface area contributed by atoms with E-state index in [2.05, 4.69) is 6.58 Å². The van der Waals surface area contributed by atoms with Gasteiger partial charge in [-0.2, -0.15) is 0 Å². The van der Waals surface area contributed by atoms with Gasteiger partial charge in [0.2, 0.25) is 0 Å². The molecule has 3 heteroatoms. The molecule has 1 atom stereocenters. The van der Waals surface area contributed by atoms with E-state index in [-0.39, 0.29) is 6.04 Å². The summed E-state index contributed by atoms with van der Waals surface area (Å²) in [4.78, 5) is 0. The van der Waals surface area contributed by atoms with Gasteiger partial charge in [-0.1, -0.05) is 5.57 Å². The fourth-order valence-corrected chi connectivity index (χ4v) is 1.22. The van der Waals surface area contributed by atoms with E-state index < -0.39 is 0 Å². The average Bonchev–Trinajstić information content (AvgIpc) is 2.47. The summed E-state index contributed by atoms with van der Waals surface area (Å²) >= 11 is 5.63. The van der Waals surface area contributed by atoms with Gasteiger partial charge in [0, 0.05) is 0 Å². The molecule has 0 aliphatic heterocycles. The molecule has 0 aliphatic carbocycles. The largest absolute Gasteiger partial charge is 0.448 e. The lowest BCUT2D eigenvalue weighted by Crippen LogP contribution is -2.08. The van der Waals surface area contributed by atoms with Crippen molar-refractivity contribution in [1.29, 1.82) is 0 Å². The Bertz CT molecular complexity index is 293. The van der Waals surface area contributed by atoms with Gasteiger partial charge in [-0.15, -0.1) is 6.58 Å². The highest BCUT2D eigenvalue weighted by atomic mass is 35.5. The van der Waals surface area contributed by atoms with Gasteiger partial charge in [-0.3, -0.25) is 0 Å². The Kier molecular flexibility index (Phi) is 3.58. The minimum Gasteiger partial charge on any atom is -0.448 e. The molecule has 0 spiro atoms. The molecule has 0 bridgehead atoms. The highest BCUT2D eigenvalue weighted by Crippen LogP contribution is 2.22. The predicted molar refractivity (Wildman–Crippen MR) is 54.7 cm³/mol. The fourth-order valence-electron chi connectivity index (χ4n) is 1.07. The first kappa shape index (κ1) is 10.4. The van der Waals surface area contributed by atoms with Crippen LogP contribution in [0, 0.1) is 0 Å². The van der Waals surface area contributed by atoms with Crippen LogP contribution in [0.25, 0.3) is 0 Å². The molecule has 1 unspecified atom stereocenters. The van der Waals surface area contributed by atoms with Gasteiger partial charge in [0.1, 0.15) is 5.76 Å². The summed E-state index contributed by atoms with van der Waals surface area (Å²) in [5.74, 6) is 0.742. The van der Waals surface area contributed by atoms with E-state index in [4.69, 9.17) is 21.8 Å². The molecule has 0 radical (unpaired) electrons. The first-order valence-corrected chi connectivity index (χ1v) is 4.62. The Labute approximate surface area is 83.4 Å². The van der Waals surface area contributed by atoms with Crippen molar-refractivity contribution >= 4 is 11.6 Å². The normalized spacial score (nSPS) is 12.8. The number of halogens is 1. The molecule has 0 aliphatic rings. The SMILES string of the molecule is C=C(C)CCC(N)c1ccc(Cl)o1. The molecule has 1 heterocycles. The summed E-state index contributed by atoms with van der Waals surface area (Å²) in [6, 6.07) is 3.44. The Morgan fingerprint density at radius 1 is 1.69 bits per heavy atom. The smallest absolute Gasteiger partial charge is 0.193 e. The van der Waals surface area contributed by atoms with Crippen molar-refractivity contribution in [3.63, 3.8) is 0 Å². The molecule has 0 amide bonds. The predicted octanol–water partition coefficient (Wildman–Crippen LogP) is 3.29. The third-order valence-electron chi connectivity index (χ3n) is 1.84. The van der Waals surface area contributed by atoms with Crippen molar-refractivity contribution in [1.82, 2.24) is 0 Å². The minimum atomic E-state index is -0.0794. The number of hydrogen-bond acceptors (Lipinski definition) is 2. The van der Waals surface area contributed by atoms with Gasteiger partial charge in [-0.25, -0.2) is 0 Å². The van der Waals surface area contributed by atoms with E-state index in [1.165, 1.54) is 0 Å². The zero-order valence-corrected chi connectivity index (χ0v) is 8.47. The molecule has 2 nitrogen and oxygen atoms in total. The van der Waals surface area contributed by atoms with Gasteiger partial charge in [0.05, 0.1) is 6.04 Å². The Balaban J connectivity index is 2.48. The third-order valence-corrected chi connectivity index (χ3v) is 2.04. The van der Waals surface area contributed by atoms with Crippen molar-refractivity contribution in [2.45, 2.75) is 25.8 Å². The van der Waals surface area contributed by atoms with E-state index in [0.29, 0.717) is 5.22 Å². The molecule has 0 saturated heterocycles. The minimum absolute atomic E-state index is 0.0794. The summed E-state index contributed by atoms with van der Waals surface area (Å²) in [5, 5.41) is 0.390. The molecular weight excluding hydrogens is 186 g/mol. The highest BCUT2D eigenvalue weighted by molar-refractivity contribution is 6.28. The molecule has 1 aromatic rings. The zero-order valence-electron chi connectivity index (χ0n) is 7.72. The molecule has 1 aromatic heterocycles. The van der Waals surface area contributed by atoms with Crippen LogP contribution in [0.3, 0.4) is 0 Å². The van der Waals surface area contributed by atoms with E-state index >= 15 is 0 Å². The molecule has 0 aromatic carbocycles. The Hall–Kier alpha value is -0.730. The standard InChI is InChI=1S/C10H14ClNO/c1-7(2)3-4-8(12)9-5-6-10(11)13-9/h5-6,8H,1,3-4,12H2,2H3. The van der Waals surface area contributed by atoms with Crippen molar-refractivity contribution in [3.8, 4) is 0 Å². The van der Waals surface area contributed by atoms with Crippen molar-refractivity contribution in [3.05, 3.63) is 35.3 Å². The van der Waals surface area contributed by atoms with E-state index in [9.17, 15) is 0 Å². The molecule has 1 rings (SSSR count). The molecular formula is C10H14ClNO. The maximum Gasteiger partial charge on any atom is 0.193 e. The van der Waals surface area contributed by atoms with Gasteiger partial charge in [0.15, 0.2) is 5.22 Å². The van der Waals surface area contributed by atoms with Crippen LogP contribution in [-0.4, -0.2) is 0 Å². The Morgan fingerprint density at radius 3 is 2.85 bits per heavy atom. The summed E-state index contributed by atoms with van der Waals surface area (Å²) in [5.41, 5.74) is 7.00. The second kappa shape index (κ2) is 4.49. The quantitative estimate of drug-likeness (QED) is 0.756. The highest BCUT2D eigenvalue weighted by Gasteiger charge is 2.09. The van der Waals surface area contributed by atoms with Crippen LogP contribution in [0.1, 0.15) is 31.6 Å². The van der Waals surface area contributed by atoms with Crippen LogP contribution in [-0.2, 0) is 0 Å². The first-order valence-electron chi connectivity index (χ1n) is 4.25. The maximum atomic E-state index is 5.86. The molecule has 0 fully saturated rings. The monoisotopic (exact) mass is 199 g/mol. The van der Waals surface area contributed by atoms with Crippen LogP contribution in [0.2, 0.25) is 5.22 Å². The van der Waals surface area contributed by atoms with Crippen LogP contribution in [0.15, 0.2) is 28.7 Å². The Morgan fingerprint density at radius 2 is 2.38 bits per heavy atom. The summed E-state index contributed by atoms with van der Waals surface area (Å²) in [6.07, 6.45) is 1.76. The van der Waals surface area contributed by atoms with Gasteiger partial charge in [0.25, 0.3) is 0 Å². The zero-order chi connectivity index (χ0) is 9.84. The lowest BCUT2D eigenvalue weighted by Gasteiger charge is -2.07.